The molecule has 0 heterocycles. The molecule has 1 aromatic carbocycles. The summed E-state index contributed by atoms with van der Waals surface area (Å²) in [5, 5.41) is 2.59. The molecule has 1 amide bonds. The SMILES string of the molecule is CCCO[C@@H](CC)[C@@H](Oc1ccccc1)[C@H](C)OC(=O)[C@H](CC)NC(=O)OC(C)(C)C. The number of ether oxygens (including phenoxy) is 4. The van der Waals surface area contributed by atoms with Crippen LogP contribution in [0, 0.1) is 0 Å². The first kappa shape index (κ1) is 26.8. The van der Waals surface area contributed by atoms with Gasteiger partial charge in [0.2, 0.25) is 0 Å². The van der Waals surface area contributed by atoms with E-state index in [1.54, 1.807) is 34.6 Å². The molecule has 0 aliphatic rings. The number of nitrogens with one attached hydrogen (secondary N) is 1. The number of alkyl carbamates (subject to hydrolysis) is 1. The lowest BCUT2D eigenvalue weighted by atomic mass is 10.1. The molecule has 4 atom stereocenters. The monoisotopic (exact) mass is 437 g/mol. The molecule has 31 heavy (non-hydrogen) atoms. The standard InChI is InChI=1S/C24H39NO6/c1-8-16-28-20(10-3)21(30-18-14-12-11-13-15-18)17(4)29-22(26)19(9-2)25-23(27)31-24(5,6)7/h11-15,17,19-21H,8-10,16H2,1-7H3,(H,25,27)/t17-,19-,20-,21-/m0/s1. The zero-order chi connectivity index (χ0) is 23.4. The van der Waals surface area contributed by atoms with Crippen molar-refractivity contribution in [2.45, 2.75) is 97.7 Å². The molecule has 1 rings (SSSR count). The van der Waals surface area contributed by atoms with E-state index in [2.05, 4.69) is 5.32 Å². The molecule has 0 fully saturated rings. The second-order valence-corrected chi connectivity index (χ2v) is 8.46. The zero-order valence-corrected chi connectivity index (χ0v) is 20.0. The number of carbonyl (C=O) groups is 2. The number of hydrogen-bond acceptors (Lipinski definition) is 6. The molecular formula is C24H39NO6. The van der Waals surface area contributed by atoms with Gasteiger partial charge >= 0.3 is 12.1 Å². The van der Waals surface area contributed by atoms with Gasteiger partial charge in [-0.2, -0.15) is 0 Å². The normalized spacial score (nSPS) is 15.3. The van der Waals surface area contributed by atoms with Gasteiger partial charge in [-0.05, 0) is 59.1 Å². The molecule has 0 aliphatic heterocycles. The Kier molecular flexibility index (Phi) is 11.4. The summed E-state index contributed by atoms with van der Waals surface area (Å²) in [5.41, 5.74) is -0.654. The number of rotatable bonds is 12. The molecule has 0 bridgehead atoms. The predicted molar refractivity (Wildman–Crippen MR) is 120 cm³/mol. The molecule has 0 unspecified atom stereocenters. The molecule has 7 nitrogen and oxygen atoms in total. The molecule has 0 aromatic heterocycles. The van der Waals surface area contributed by atoms with Crippen molar-refractivity contribution in [2.24, 2.45) is 0 Å². The van der Waals surface area contributed by atoms with Crippen LogP contribution in [0.3, 0.4) is 0 Å². The minimum absolute atomic E-state index is 0.248. The second kappa shape index (κ2) is 13.2. The molecule has 0 saturated heterocycles. The molecule has 7 heteroatoms. The van der Waals surface area contributed by atoms with Crippen molar-refractivity contribution < 1.29 is 28.5 Å². The Hall–Kier alpha value is -2.28. The molecule has 0 aliphatic carbocycles. The van der Waals surface area contributed by atoms with Crippen molar-refractivity contribution in [2.75, 3.05) is 6.61 Å². The van der Waals surface area contributed by atoms with Crippen LogP contribution in [0.1, 0.15) is 67.7 Å². The average Bonchev–Trinajstić information content (AvgIpc) is 2.70. The maximum absolute atomic E-state index is 12.8. The summed E-state index contributed by atoms with van der Waals surface area (Å²) in [6.07, 6.45) is -0.0438. The summed E-state index contributed by atoms with van der Waals surface area (Å²) >= 11 is 0. The largest absolute Gasteiger partial charge is 0.484 e. The lowest BCUT2D eigenvalue weighted by molar-refractivity contribution is -0.161. The fourth-order valence-electron chi connectivity index (χ4n) is 2.95. The van der Waals surface area contributed by atoms with Crippen LogP contribution in [0.5, 0.6) is 5.75 Å². The van der Waals surface area contributed by atoms with Gasteiger partial charge in [0.25, 0.3) is 0 Å². The molecule has 0 spiro atoms. The van der Waals surface area contributed by atoms with E-state index in [4.69, 9.17) is 18.9 Å². The van der Waals surface area contributed by atoms with Crippen molar-refractivity contribution in [1.82, 2.24) is 5.32 Å². The highest BCUT2D eigenvalue weighted by molar-refractivity contribution is 5.81. The first-order chi connectivity index (χ1) is 14.6. The van der Waals surface area contributed by atoms with E-state index in [-0.39, 0.29) is 6.10 Å². The van der Waals surface area contributed by atoms with Gasteiger partial charge in [0.05, 0.1) is 6.10 Å². The van der Waals surface area contributed by atoms with E-state index in [0.717, 1.165) is 6.42 Å². The number of carbonyl (C=O) groups excluding carboxylic acids is 2. The van der Waals surface area contributed by atoms with Crippen molar-refractivity contribution in [3.63, 3.8) is 0 Å². The van der Waals surface area contributed by atoms with Crippen LogP contribution in [-0.2, 0) is 19.0 Å². The lowest BCUT2D eigenvalue weighted by Crippen LogP contribution is -2.48. The zero-order valence-electron chi connectivity index (χ0n) is 20.0. The predicted octanol–water partition coefficient (Wildman–Crippen LogP) is 4.87. The maximum atomic E-state index is 12.8. The molecule has 0 radical (unpaired) electrons. The Labute approximate surface area is 186 Å². The Balaban J connectivity index is 2.89. The van der Waals surface area contributed by atoms with Crippen molar-refractivity contribution in [1.29, 1.82) is 0 Å². The maximum Gasteiger partial charge on any atom is 0.408 e. The number of para-hydroxylation sites is 1. The van der Waals surface area contributed by atoms with Crippen molar-refractivity contribution >= 4 is 12.1 Å². The van der Waals surface area contributed by atoms with Gasteiger partial charge in [-0.1, -0.05) is 39.0 Å². The van der Waals surface area contributed by atoms with Crippen molar-refractivity contribution in [3.8, 4) is 5.75 Å². The van der Waals surface area contributed by atoms with Crippen LogP contribution < -0.4 is 10.1 Å². The third kappa shape index (κ3) is 10.0. The summed E-state index contributed by atoms with van der Waals surface area (Å²) < 4.78 is 23.1. The highest BCUT2D eigenvalue weighted by atomic mass is 16.6. The number of hydrogen-bond donors (Lipinski definition) is 1. The van der Waals surface area contributed by atoms with Gasteiger partial charge in [0, 0.05) is 6.61 Å². The minimum atomic E-state index is -0.814. The molecule has 176 valence electrons. The summed E-state index contributed by atoms with van der Waals surface area (Å²) in [6, 6.07) is 8.57. The van der Waals surface area contributed by atoms with Crippen LogP contribution in [0.15, 0.2) is 30.3 Å². The Morgan fingerprint density at radius 1 is 1.03 bits per heavy atom. The number of amides is 1. The summed E-state index contributed by atoms with van der Waals surface area (Å²) in [7, 11) is 0. The molecule has 1 N–H and O–H groups in total. The van der Waals surface area contributed by atoms with E-state index < -0.39 is 35.9 Å². The van der Waals surface area contributed by atoms with Gasteiger partial charge in [-0.15, -0.1) is 0 Å². The van der Waals surface area contributed by atoms with Gasteiger partial charge in [0.15, 0.2) is 6.10 Å². The Morgan fingerprint density at radius 3 is 2.19 bits per heavy atom. The van der Waals surface area contributed by atoms with Crippen molar-refractivity contribution in [3.05, 3.63) is 30.3 Å². The molecular weight excluding hydrogens is 398 g/mol. The number of benzene rings is 1. The second-order valence-electron chi connectivity index (χ2n) is 8.46. The van der Waals surface area contributed by atoms with Gasteiger partial charge in [0.1, 0.15) is 23.5 Å². The van der Waals surface area contributed by atoms with E-state index >= 15 is 0 Å². The summed E-state index contributed by atoms with van der Waals surface area (Å²) in [4.78, 5) is 24.9. The highest BCUT2D eigenvalue weighted by Gasteiger charge is 2.33. The fraction of sp³-hybridized carbons (Fsp3) is 0.667. The van der Waals surface area contributed by atoms with E-state index in [1.165, 1.54) is 0 Å². The molecule has 1 aromatic rings. The van der Waals surface area contributed by atoms with Crippen LogP contribution in [0.2, 0.25) is 0 Å². The van der Waals surface area contributed by atoms with Gasteiger partial charge in [-0.3, -0.25) is 0 Å². The van der Waals surface area contributed by atoms with E-state index in [9.17, 15) is 9.59 Å². The summed E-state index contributed by atoms with van der Waals surface area (Å²) in [6.45, 7) is 13.5. The topological polar surface area (TPSA) is 83.1 Å². The Bertz CT molecular complexity index is 658. The average molecular weight is 438 g/mol. The van der Waals surface area contributed by atoms with Crippen LogP contribution >= 0.6 is 0 Å². The third-order valence-electron chi connectivity index (χ3n) is 4.47. The van der Waals surface area contributed by atoms with Gasteiger partial charge < -0.3 is 24.3 Å². The summed E-state index contributed by atoms with van der Waals surface area (Å²) in [5.74, 6) is 0.140. The lowest BCUT2D eigenvalue weighted by Gasteiger charge is -2.32. The van der Waals surface area contributed by atoms with Crippen LogP contribution in [0.25, 0.3) is 0 Å². The third-order valence-corrected chi connectivity index (χ3v) is 4.47. The van der Waals surface area contributed by atoms with E-state index in [1.807, 2.05) is 44.2 Å². The molecule has 0 saturated carbocycles. The van der Waals surface area contributed by atoms with Crippen LogP contribution in [0.4, 0.5) is 4.79 Å². The van der Waals surface area contributed by atoms with E-state index in [0.29, 0.717) is 25.2 Å². The fourth-order valence-corrected chi connectivity index (χ4v) is 2.95. The first-order valence-corrected chi connectivity index (χ1v) is 11.1. The first-order valence-electron chi connectivity index (χ1n) is 11.1. The quantitative estimate of drug-likeness (QED) is 0.470. The van der Waals surface area contributed by atoms with Gasteiger partial charge in [-0.25, -0.2) is 9.59 Å². The van der Waals surface area contributed by atoms with Crippen LogP contribution in [-0.4, -0.2) is 48.6 Å². The smallest absolute Gasteiger partial charge is 0.408 e. The minimum Gasteiger partial charge on any atom is -0.484 e. The highest BCUT2D eigenvalue weighted by Crippen LogP contribution is 2.21. The Morgan fingerprint density at radius 2 is 1.68 bits per heavy atom. The number of esters is 1.